The van der Waals surface area contributed by atoms with Crippen molar-refractivity contribution in [2.75, 3.05) is 34.8 Å². The first kappa shape index (κ1) is 21.6. The number of nitrogens with one attached hydrogen (secondary N) is 2. The third-order valence-corrected chi connectivity index (χ3v) is 7.16. The Hall–Kier alpha value is -1.63. The molecule has 7 heteroatoms. The third kappa shape index (κ3) is 5.54. The first-order valence-electron chi connectivity index (χ1n) is 12.1. The molecule has 2 saturated heterocycles. The van der Waals surface area contributed by atoms with Crippen LogP contribution in [0.1, 0.15) is 78.1 Å². The highest BCUT2D eigenvalue weighted by Crippen LogP contribution is 2.29. The summed E-state index contributed by atoms with van der Waals surface area (Å²) in [7, 11) is 0. The van der Waals surface area contributed by atoms with Crippen LogP contribution in [-0.4, -0.2) is 46.8 Å². The van der Waals surface area contributed by atoms with Gasteiger partial charge in [0, 0.05) is 37.8 Å². The smallest absolute Gasteiger partial charge is 0.232 e. The van der Waals surface area contributed by atoms with E-state index in [-0.39, 0.29) is 0 Å². The normalized spacial score (nSPS) is 25.8. The number of nitrogens with zero attached hydrogens (tertiary/aromatic N) is 4. The zero-order valence-electron chi connectivity index (χ0n) is 18.7. The van der Waals surface area contributed by atoms with Gasteiger partial charge in [0.05, 0.1) is 0 Å². The molecule has 0 radical (unpaired) electrons. The van der Waals surface area contributed by atoms with Crippen LogP contribution in [0.5, 0.6) is 0 Å². The Kier molecular flexibility index (Phi) is 7.28. The largest absolute Gasteiger partial charge is 0.360 e. The molecule has 1 aromatic rings. The number of aromatic nitrogens is 2. The predicted molar refractivity (Wildman–Crippen MR) is 130 cm³/mol. The highest BCUT2D eigenvalue weighted by molar-refractivity contribution is 7.80. The van der Waals surface area contributed by atoms with Crippen LogP contribution in [0.4, 0.5) is 17.6 Å². The van der Waals surface area contributed by atoms with Gasteiger partial charge in [0.1, 0.15) is 11.6 Å². The SMILES string of the molecule is CC1CCCN(c2cc(N3CCCCC3C)nc(NC(=S)NC3CCCCC3)n2)C1. The Morgan fingerprint density at radius 2 is 1.70 bits per heavy atom. The summed E-state index contributed by atoms with van der Waals surface area (Å²) in [5.74, 6) is 3.41. The standard InChI is InChI=1S/C23H38N6S/c1-17-9-8-13-28(16-17)20-15-21(29-14-7-6-10-18(29)2)26-22(25-20)27-23(30)24-19-11-4-3-5-12-19/h15,17-19H,3-14,16H2,1-2H3,(H2,24,25,26,27,30). The second-order valence-electron chi connectivity index (χ2n) is 9.57. The number of piperidine rings is 2. The monoisotopic (exact) mass is 430 g/mol. The summed E-state index contributed by atoms with van der Waals surface area (Å²) in [5.41, 5.74) is 0. The van der Waals surface area contributed by atoms with Crippen molar-refractivity contribution in [1.29, 1.82) is 0 Å². The molecule has 0 spiro atoms. The van der Waals surface area contributed by atoms with E-state index in [4.69, 9.17) is 22.2 Å². The first-order chi connectivity index (χ1) is 14.6. The zero-order valence-corrected chi connectivity index (χ0v) is 19.5. The molecule has 3 heterocycles. The minimum atomic E-state index is 0.478. The van der Waals surface area contributed by atoms with Crippen LogP contribution in [0.15, 0.2) is 6.07 Å². The first-order valence-corrected chi connectivity index (χ1v) is 12.5. The Balaban J connectivity index is 1.53. The van der Waals surface area contributed by atoms with E-state index >= 15 is 0 Å². The molecule has 6 nitrogen and oxygen atoms in total. The van der Waals surface area contributed by atoms with E-state index in [0.29, 0.717) is 29.1 Å². The fourth-order valence-corrected chi connectivity index (χ4v) is 5.45. The molecule has 2 N–H and O–H groups in total. The van der Waals surface area contributed by atoms with Crippen molar-refractivity contribution in [2.45, 2.75) is 90.1 Å². The van der Waals surface area contributed by atoms with Gasteiger partial charge in [0.15, 0.2) is 5.11 Å². The van der Waals surface area contributed by atoms with Gasteiger partial charge < -0.3 is 20.4 Å². The maximum atomic E-state index is 5.63. The molecule has 1 aliphatic carbocycles. The number of rotatable bonds is 4. The summed E-state index contributed by atoms with van der Waals surface area (Å²) in [6, 6.07) is 3.19. The van der Waals surface area contributed by atoms with Crippen molar-refractivity contribution in [3.63, 3.8) is 0 Å². The fraction of sp³-hybridized carbons (Fsp3) is 0.783. The molecule has 3 aliphatic rings. The van der Waals surface area contributed by atoms with Gasteiger partial charge in [-0.05, 0) is 70.0 Å². The van der Waals surface area contributed by atoms with Crippen LogP contribution in [0, 0.1) is 5.92 Å². The van der Waals surface area contributed by atoms with Gasteiger partial charge in [-0.3, -0.25) is 0 Å². The van der Waals surface area contributed by atoms with E-state index in [2.05, 4.69) is 40.3 Å². The average molecular weight is 431 g/mol. The lowest BCUT2D eigenvalue weighted by Crippen LogP contribution is -2.40. The summed E-state index contributed by atoms with van der Waals surface area (Å²) in [5, 5.41) is 7.47. The number of hydrogen-bond donors (Lipinski definition) is 2. The van der Waals surface area contributed by atoms with Crippen LogP contribution >= 0.6 is 12.2 Å². The Labute approximate surface area is 187 Å². The molecule has 1 saturated carbocycles. The molecule has 2 atom stereocenters. The summed E-state index contributed by atoms with van der Waals surface area (Å²) >= 11 is 5.63. The molecule has 30 heavy (non-hydrogen) atoms. The van der Waals surface area contributed by atoms with Gasteiger partial charge in [-0.2, -0.15) is 9.97 Å². The molecule has 2 aliphatic heterocycles. The van der Waals surface area contributed by atoms with E-state index in [9.17, 15) is 0 Å². The summed E-state index contributed by atoms with van der Waals surface area (Å²) in [6.45, 7) is 7.85. The third-order valence-electron chi connectivity index (χ3n) is 6.94. The average Bonchev–Trinajstić information content (AvgIpc) is 2.74. The summed E-state index contributed by atoms with van der Waals surface area (Å²) in [6.07, 6.45) is 12.6. The Morgan fingerprint density at radius 3 is 2.47 bits per heavy atom. The van der Waals surface area contributed by atoms with Gasteiger partial charge in [-0.15, -0.1) is 0 Å². The van der Waals surface area contributed by atoms with Crippen molar-refractivity contribution in [1.82, 2.24) is 15.3 Å². The molecule has 3 fully saturated rings. The van der Waals surface area contributed by atoms with Gasteiger partial charge >= 0.3 is 0 Å². The van der Waals surface area contributed by atoms with Crippen molar-refractivity contribution >= 4 is 34.9 Å². The van der Waals surface area contributed by atoms with Gasteiger partial charge in [-0.25, -0.2) is 0 Å². The number of anilines is 3. The lowest BCUT2D eigenvalue weighted by molar-refractivity contribution is 0.414. The molecule has 2 unspecified atom stereocenters. The molecule has 0 amide bonds. The minimum Gasteiger partial charge on any atom is -0.360 e. The highest BCUT2D eigenvalue weighted by Gasteiger charge is 2.24. The van der Waals surface area contributed by atoms with E-state index in [1.54, 1.807) is 0 Å². The van der Waals surface area contributed by atoms with Crippen molar-refractivity contribution in [2.24, 2.45) is 5.92 Å². The van der Waals surface area contributed by atoms with Crippen LogP contribution in [-0.2, 0) is 0 Å². The van der Waals surface area contributed by atoms with Crippen LogP contribution in [0.2, 0.25) is 0 Å². The maximum absolute atomic E-state index is 5.63. The minimum absolute atomic E-state index is 0.478. The van der Waals surface area contributed by atoms with Crippen LogP contribution in [0.3, 0.4) is 0 Å². The van der Waals surface area contributed by atoms with E-state index in [1.165, 1.54) is 64.2 Å². The fourth-order valence-electron chi connectivity index (χ4n) is 5.19. The molecule has 166 valence electrons. The van der Waals surface area contributed by atoms with E-state index in [0.717, 1.165) is 31.3 Å². The Morgan fingerprint density at radius 1 is 0.933 bits per heavy atom. The number of hydrogen-bond acceptors (Lipinski definition) is 5. The topological polar surface area (TPSA) is 56.3 Å². The quantitative estimate of drug-likeness (QED) is 0.671. The van der Waals surface area contributed by atoms with Crippen molar-refractivity contribution in [3.8, 4) is 0 Å². The van der Waals surface area contributed by atoms with Crippen LogP contribution < -0.4 is 20.4 Å². The Bertz CT molecular complexity index is 720. The van der Waals surface area contributed by atoms with Gasteiger partial charge in [0.25, 0.3) is 0 Å². The predicted octanol–water partition coefficient (Wildman–Crippen LogP) is 4.71. The second kappa shape index (κ2) is 10.1. The lowest BCUT2D eigenvalue weighted by atomic mass is 9.96. The molecule has 0 aromatic carbocycles. The molecule has 1 aromatic heterocycles. The maximum Gasteiger partial charge on any atom is 0.232 e. The lowest BCUT2D eigenvalue weighted by Gasteiger charge is -2.36. The molecular weight excluding hydrogens is 392 g/mol. The zero-order chi connectivity index (χ0) is 20.9. The highest BCUT2D eigenvalue weighted by atomic mass is 32.1. The van der Waals surface area contributed by atoms with Gasteiger partial charge in [0.2, 0.25) is 5.95 Å². The second-order valence-corrected chi connectivity index (χ2v) is 9.98. The van der Waals surface area contributed by atoms with Crippen molar-refractivity contribution < 1.29 is 0 Å². The number of thiocarbonyl (C=S) groups is 1. The van der Waals surface area contributed by atoms with E-state index in [1.807, 2.05) is 0 Å². The van der Waals surface area contributed by atoms with Crippen molar-refractivity contribution in [3.05, 3.63) is 6.07 Å². The van der Waals surface area contributed by atoms with Gasteiger partial charge in [-0.1, -0.05) is 26.2 Å². The summed E-state index contributed by atoms with van der Waals surface area (Å²) in [4.78, 5) is 14.7. The van der Waals surface area contributed by atoms with Crippen LogP contribution in [0.25, 0.3) is 0 Å². The summed E-state index contributed by atoms with van der Waals surface area (Å²) < 4.78 is 0. The molecular formula is C23H38N6S. The van der Waals surface area contributed by atoms with E-state index < -0.39 is 0 Å². The molecule has 4 rings (SSSR count). The molecule has 0 bridgehead atoms.